The molecule has 176 valence electrons. The molecule has 1 fully saturated rings. The third-order valence-electron chi connectivity index (χ3n) is 5.39. The highest BCUT2D eigenvalue weighted by Crippen LogP contribution is 2.35. The summed E-state index contributed by atoms with van der Waals surface area (Å²) in [5, 5.41) is 3.79. The Kier molecular flexibility index (Phi) is 6.46. The Labute approximate surface area is 189 Å². The van der Waals surface area contributed by atoms with Gasteiger partial charge in [-0.15, -0.1) is 0 Å². The van der Waals surface area contributed by atoms with Crippen LogP contribution in [0.2, 0.25) is 0 Å². The summed E-state index contributed by atoms with van der Waals surface area (Å²) < 4.78 is 56.3. The van der Waals surface area contributed by atoms with Gasteiger partial charge in [0.15, 0.2) is 11.5 Å². The number of alkyl halides is 3. The summed E-state index contributed by atoms with van der Waals surface area (Å²) in [6.45, 7) is 3.71. The van der Waals surface area contributed by atoms with E-state index in [1.807, 2.05) is 0 Å². The number of nitrogens with two attached hydrogens (primary N) is 1. The molecule has 0 unspecified atom stereocenters. The van der Waals surface area contributed by atoms with Gasteiger partial charge in [-0.05, 0) is 43.2 Å². The van der Waals surface area contributed by atoms with Crippen LogP contribution in [0.3, 0.4) is 0 Å². The van der Waals surface area contributed by atoms with Crippen LogP contribution < -0.4 is 20.5 Å². The summed E-state index contributed by atoms with van der Waals surface area (Å²) in [5.41, 5.74) is 5.95. The molecule has 10 heteroatoms. The number of rotatable bonds is 7. The van der Waals surface area contributed by atoms with Crippen molar-refractivity contribution in [3.63, 3.8) is 0 Å². The zero-order valence-corrected chi connectivity index (χ0v) is 18.3. The SMILES string of the molecule is COc1cc2nc(C)nc(NCc3cc(N)cc(C(F)(F)F)c3)c2cc1OC[C@H]1CCOC1. The van der Waals surface area contributed by atoms with Crippen molar-refractivity contribution in [1.82, 2.24) is 9.97 Å². The lowest BCUT2D eigenvalue weighted by atomic mass is 10.1. The van der Waals surface area contributed by atoms with Gasteiger partial charge in [-0.1, -0.05) is 0 Å². The Bertz CT molecular complexity index is 1150. The van der Waals surface area contributed by atoms with Gasteiger partial charge < -0.3 is 25.3 Å². The van der Waals surface area contributed by atoms with E-state index in [-0.39, 0.29) is 12.2 Å². The molecule has 3 N–H and O–H groups in total. The lowest BCUT2D eigenvalue weighted by Crippen LogP contribution is -2.12. The smallest absolute Gasteiger partial charge is 0.416 e. The minimum atomic E-state index is -4.48. The van der Waals surface area contributed by atoms with Crippen molar-refractivity contribution in [1.29, 1.82) is 0 Å². The molecule has 0 bridgehead atoms. The minimum Gasteiger partial charge on any atom is -0.493 e. The van der Waals surface area contributed by atoms with Crippen LogP contribution in [0.5, 0.6) is 11.5 Å². The molecule has 1 saturated heterocycles. The lowest BCUT2D eigenvalue weighted by Gasteiger charge is -2.16. The van der Waals surface area contributed by atoms with Gasteiger partial charge in [-0.3, -0.25) is 0 Å². The number of benzene rings is 2. The molecule has 2 aromatic carbocycles. The van der Waals surface area contributed by atoms with Crippen molar-refractivity contribution < 1.29 is 27.4 Å². The molecule has 0 radical (unpaired) electrons. The fourth-order valence-corrected chi connectivity index (χ4v) is 3.75. The number of methoxy groups -OCH3 is 1. The van der Waals surface area contributed by atoms with E-state index in [2.05, 4.69) is 15.3 Å². The second-order valence-corrected chi connectivity index (χ2v) is 7.99. The second kappa shape index (κ2) is 9.30. The molecule has 0 amide bonds. The number of nitrogens with zero attached hydrogens (tertiary/aromatic N) is 2. The minimum absolute atomic E-state index is 0.0432. The van der Waals surface area contributed by atoms with E-state index in [1.165, 1.54) is 6.07 Å². The van der Waals surface area contributed by atoms with Gasteiger partial charge in [0.25, 0.3) is 0 Å². The zero-order chi connectivity index (χ0) is 23.6. The number of hydrogen-bond acceptors (Lipinski definition) is 7. The van der Waals surface area contributed by atoms with Crippen molar-refractivity contribution >= 4 is 22.4 Å². The van der Waals surface area contributed by atoms with Gasteiger partial charge in [0.2, 0.25) is 0 Å². The Morgan fingerprint density at radius 3 is 2.67 bits per heavy atom. The zero-order valence-electron chi connectivity index (χ0n) is 18.3. The van der Waals surface area contributed by atoms with Crippen LogP contribution >= 0.6 is 0 Å². The van der Waals surface area contributed by atoms with Gasteiger partial charge in [0, 0.05) is 36.2 Å². The van der Waals surface area contributed by atoms with Crippen LogP contribution in [-0.2, 0) is 17.5 Å². The third-order valence-corrected chi connectivity index (χ3v) is 5.39. The molecule has 0 spiro atoms. The van der Waals surface area contributed by atoms with E-state index in [1.54, 1.807) is 26.2 Å². The molecule has 33 heavy (non-hydrogen) atoms. The number of anilines is 2. The number of nitrogen functional groups attached to an aromatic ring is 1. The van der Waals surface area contributed by atoms with Crippen LogP contribution in [0.25, 0.3) is 10.9 Å². The number of halogens is 3. The van der Waals surface area contributed by atoms with Crippen molar-refractivity contribution in [2.45, 2.75) is 26.1 Å². The summed E-state index contributed by atoms with van der Waals surface area (Å²) in [5.74, 6) is 2.37. The van der Waals surface area contributed by atoms with Gasteiger partial charge in [0.05, 0.1) is 31.4 Å². The molecule has 1 aliphatic rings. The monoisotopic (exact) mass is 462 g/mol. The first-order valence-electron chi connectivity index (χ1n) is 10.5. The molecular formula is C23H25F3N4O3. The van der Waals surface area contributed by atoms with E-state index in [0.717, 1.165) is 25.2 Å². The molecule has 2 heterocycles. The molecule has 1 aliphatic heterocycles. The highest BCUT2D eigenvalue weighted by molar-refractivity contribution is 5.91. The van der Waals surface area contributed by atoms with Crippen LogP contribution in [0.4, 0.5) is 24.7 Å². The molecule has 7 nitrogen and oxygen atoms in total. The van der Waals surface area contributed by atoms with Gasteiger partial charge in [0.1, 0.15) is 11.6 Å². The molecule has 0 saturated carbocycles. The molecule has 1 atom stereocenters. The molecule has 0 aliphatic carbocycles. The van der Waals surface area contributed by atoms with Crippen molar-refractivity contribution in [2.24, 2.45) is 5.92 Å². The number of nitrogens with one attached hydrogen (secondary N) is 1. The van der Waals surface area contributed by atoms with E-state index in [9.17, 15) is 13.2 Å². The molecular weight excluding hydrogens is 437 g/mol. The first-order chi connectivity index (χ1) is 15.7. The van der Waals surface area contributed by atoms with Crippen molar-refractivity contribution in [3.05, 3.63) is 47.3 Å². The van der Waals surface area contributed by atoms with Gasteiger partial charge in [-0.25, -0.2) is 9.97 Å². The fraction of sp³-hybridized carbons (Fsp3) is 0.391. The van der Waals surface area contributed by atoms with Crippen molar-refractivity contribution in [2.75, 3.05) is 38.0 Å². The molecule has 1 aromatic heterocycles. The predicted molar refractivity (Wildman–Crippen MR) is 118 cm³/mol. The van der Waals surface area contributed by atoms with Gasteiger partial charge in [-0.2, -0.15) is 13.2 Å². The highest BCUT2D eigenvalue weighted by Gasteiger charge is 2.31. The summed E-state index contributed by atoms with van der Waals surface area (Å²) in [6, 6.07) is 7.03. The molecule has 4 rings (SSSR count). The summed E-state index contributed by atoms with van der Waals surface area (Å²) in [7, 11) is 1.55. The average molecular weight is 462 g/mol. The number of aryl methyl sites for hydroxylation is 1. The van der Waals surface area contributed by atoms with E-state index >= 15 is 0 Å². The third kappa shape index (κ3) is 5.39. The van der Waals surface area contributed by atoms with E-state index in [0.29, 0.717) is 58.7 Å². The Hall–Kier alpha value is -3.27. The first kappa shape index (κ1) is 22.9. The number of aromatic nitrogens is 2. The second-order valence-electron chi connectivity index (χ2n) is 7.99. The van der Waals surface area contributed by atoms with Crippen LogP contribution in [-0.4, -0.2) is 36.9 Å². The maximum absolute atomic E-state index is 13.1. The molecule has 3 aromatic rings. The average Bonchev–Trinajstić information content (AvgIpc) is 3.28. The first-order valence-corrected chi connectivity index (χ1v) is 10.5. The largest absolute Gasteiger partial charge is 0.493 e. The normalized spacial score (nSPS) is 16.2. The van der Waals surface area contributed by atoms with Crippen LogP contribution in [0, 0.1) is 12.8 Å². The Morgan fingerprint density at radius 1 is 1.15 bits per heavy atom. The maximum atomic E-state index is 13.1. The fourth-order valence-electron chi connectivity index (χ4n) is 3.75. The van der Waals surface area contributed by atoms with Crippen LogP contribution in [0.1, 0.15) is 23.4 Å². The van der Waals surface area contributed by atoms with E-state index < -0.39 is 11.7 Å². The Balaban J connectivity index is 1.62. The quantitative estimate of drug-likeness (QED) is 0.497. The van der Waals surface area contributed by atoms with Crippen molar-refractivity contribution in [3.8, 4) is 11.5 Å². The lowest BCUT2D eigenvalue weighted by molar-refractivity contribution is -0.137. The predicted octanol–water partition coefficient (Wildman–Crippen LogP) is 4.58. The standard InChI is InChI=1S/C23H25F3N4O3/c1-13-29-19-9-20(31-2)21(33-12-14-3-4-32-11-14)8-18(19)22(30-13)28-10-15-5-16(23(24,25)26)7-17(27)6-15/h5-9,14H,3-4,10-12,27H2,1-2H3,(H,28,29,30)/t14-/m0/s1. The highest BCUT2D eigenvalue weighted by atomic mass is 19.4. The number of ether oxygens (including phenoxy) is 3. The number of hydrogen-bond donors (Lipinski definition) is 2. The van der Waals surface area contributed by atoms with Gasteiger partial charge >= 0.3 is 6.18 Å². The summed E-state index contributed by atoms with van der Waals surface area (Å²) in [4.78, 5) is 8.92. The van der Waals surface area contributed by atoms with Crippen LogP contribution in [0.15, 0.2) is 30.3 Å². The van der Waals surface area contributed by atoms with E-state index in [4.69, 9.17) is 19.9 Å². The summed E-state index contributed by atoms with van der Waals surface area (Å²) in [6.07, 6.45) is -3.54. The topological polar surface area (TPSA) is 91.5 Å². The maximum Gasteiger partial charge on any atom is 0.416 e. The Morgan fingerprint density at radius 2 is 1.97 bits per heavy atom. The summed E-state index contributed by atoms with van der Waals surface area (Å²) >= 11 is 0. The number of fused-ring (bicyclic) bond motifs is 1.